The number of carbonyl (C=O) groups is 2. The van der Waals surface area contributed by atoms with Gasteiger partial charge in [0.2, 0.25) is 5.91 Å². The van der Waals surface area contributed by atoms with Gasteiger partial charge in [-0.2, -0.15) is 0 Å². The quantitative estimate of drug-likeness (QED) is 0.858. The lowest BCUT2D eigenvalue weighted by Gasteiger charge is -2.41. The van der Waals surface area contributed by atoms with E-state index in [9.17, 15) is 14.0 Å². The summed E-state index contributed by atoms with van der Waals surface area (Å²) in [5.41, 5.74) is 1.23. The molecule has 2 heterocycles. The van der Waals surface area contributed by atoms with Crippen LogP contribution in [0.15, 0.2) is 18.2 Å². The van der Waals surface area contributed by atoms with Gasteiger partial charge >= 0.3 is 0 Å². The molecule has 2 aliphatic heterocycles. The van der Waals surface area contributed by atoms with Crippen molar-refractivity contribution in [1.29, 1.82) is 0 Å². The Morgan fingerprint density at radius 2 is 2.19 bits per heavy atom. The summed E-state index contributed by atoms with van der Waals surface area (Å²) in [7, 11) is 0. The predicted molar refractivity (Wildman–Crippen MR) is 76.3 cm³/mol. The Labute approximate surface area is 123 Å². The van der Waals surface area contributed by atoms with E-state index >= 15 is 0 Å². The lowest BCUT2D eigenvalue weighted by Crippen LogP contribution is -2.55. The number of rotatable bonds is 1. The molecule has 1 N–H and O–H groups in total. The zero-order chi connectivity index (χ0) is 15.0. The van der Waals surface area contributed by atoms with Crippen molar-refractivity contribution in [3.05, 3.63) is 35.1 Å². The van der Waals surface area contributed by atoms with Gasteiger partial charge in [0.1, 0.15) is 5.82 Å². The zero-order valence-corrected chi connectivity index (χ0v) is 12.1. The highest BCUT2D eigenvalue weighted by molar-refractivity contribution is 5.95. The molecule has 2 amide bonds. The molecule has 1 aromatic rings. The second-order valence-corrected chi connectivity index (χ2v) is 5.97. The van der Waals surface area contributed by atoms with E-state index in [-0.39, 0.29) is 23.7 Å². The number of hydrogen-bond acceptors (Lipinski definition) is 2. The highest BCUT2D eigenvalue weighted by Crippen LogP contribution is 2.26. The van der Waals surface area contributed by atoms with E-state index in [1.165, 1.54) is 12.1 Å². The van der Waals surface area contributed by atoms with Gasteiger partial charge in [0.05, 0.1) is 0 Å². The number of likely N-dealkylation sites (tertiary alicyclic amines) is 1. The van der Waals surface area contributed by atoms with Gasteiger partial charge in [-0.05, 0) is 43.4 Å². The number of hydrogen-bond donors (Lipinski definition) is 1. The lowest BCUT2D eigenvalue weighted by atomic mass is 9.85. The van der Waals surface area contributed by atoms with Crippen LogP contribution >= 0.6 is 0 Å². The van der Waals surface area contributed by atoms with Crippen LogP contribution in [0.25, 0.3) is 0 Å². The molecular weight excluding hydrogens is 271 g/mol. The first-order valence-corrected chi connectivity index (χ1v) is 7.39. The molecule has 2 unspecified atom stereocenters. The summed E-state index contributed by atoms with van der Waals surface area (Å²) in [4.78, 5) is 25.8. The summed E-state index contributed by atoms with van der Waals surface area (Å²) in [6, 6.07) is 4.50. The third-order valence-electron chi connectivity index (χ3n) is 4.54. The number of nitrogens with zero attached hydrogens (tertiary/aromatic N) is 1. The molecule has 21 heavy (non-hydrogen) atoms. The van der Waals surface area contributed by atoms with Crippen LogP contribution in [-0.2, 0) is 4.79 Å². The number of fused-ring (bicyclic) bond motifs is 1. The number of aryl methyl sites for hydroxylation is 1. The number of nitrogens with one attached hydrogen (secondary N) is 1. The summed E-state index contributed by atoms with van der Waals surface area (Å²) < 4.78 is 13.4. The van der Waals surface area contributed by atoms with Gasteiger partial charge < -0.3 is 10.2 Å². The van der Waals surface area contributed by atoms with Crippen molar-refractivity contribution in [3.8, 4) is 0 Å². The Kier molecular flexibility index (Phi) is 3.66. The molecular formula is C16H19FN2O2. The highest BCUT2D eigenvalue weighted by atomic mass is 19.1. The average Bonchev–Trinajstić information content (AvgIpc) is 2.48. The van der Waals surface area contributed by atoms with Crippen LogP contribution in [0.2, 0.25) is 0 Å². The maximum atomic E-state index is 13.4. The fraction of sp³-hybridized carbons (Fsp3) is 0.500. The molecule has 2 aliphatic rings. The van der Waals surface area contributed by atoms with Crippen LogP contribution in [0, 0.1) is 18.7 Å². The van der Waals surface area contributed by atoms with Gasteiger partial charge in [0.25, 0.3) is 5.91 Å². The Balaban J connectivity index is 1.74. The fourth-order valence-electron chi connectivity index (χ4n) is 3.29. The molecule has 1 aromatic carbocycles. The smallest absolute Gasteiger partial charge is 0.254 e. The van der Waals surface area contributed by atoms with Gasteiger partial charge in [-0.15, -0.1) is 0 Å². The maximum absolute atomic E-state index is 13.4. The lowest BCUT2D eigenvalue weighted by molar-refractivity contribution is -0.125. The monoisotopic (exact) mass is 290 g/mol. The molecule has 2 fully saturated rings. The van der Waals surface area contributed by atoms with Crippen LogP contribution in [0.4, 0.5) is 4.39 Å². The summed E-state index contributed by atoms with van der Waals surface area (Å²) in [6.45, 7) is 3.07. The number of benzene rings is 1. The topological polar surface area (TPSA) is 49.4 Å². The van der Waals surface area contributed by atoms with E-state index in [0.29, 0.717) is 31.0 Å². The molecule has 3 rings (SSSR count). The molecule has 2 atom stereocenters. The summed E-state index contributed by atoms with van der Waals surface area (Å²) in [5, 5.41) is 3.00. The van der Waals surface area contributed by atoms with Gasteiger partial charge in [-0.1, -0.05) is 6.07 Å². The van der Waals surface area contributed by atoms with E-state index in [0.717, 1.165) is 18.4 Å². The van der Waals surface area contributed by atoms with E-state index in [1.807, 2.05) is 6.92 Å². The Morgan fingerprint density at radius 3 is 3.00 bits per heavy atom. The molecule has 0 aliphatic carbocycles. The first kappa shape index (κ1) is 14.0. The van der Waals surface area contributed by atoms with Gasteiger partial charge in [-0.3, -0.25) is 9.59 Å². The highest BCUT2D eigenvalue weighted by Gasteiger charge is 2.35. The number of carbonyl (C=O) groups excluding carboxylic acids is 2. The summed E-state index contributed by atoms with van der Waals surface area (Å²) in [5.74, 6) is -0.0719. The van der Waals surface area contributed by atoms with Gasteiger partial charge in [0.15, 0.2) is 0 Å². The Morgan fingerprint density at radius 1 is 1.38 bits per heavy atom. The second kappa shape index (κ2) is 5.47. The van der Waals surface area contributed by atoms with Gasteiger partial charge in [0, 0.05) is 31.1 Å². The Hall–Kier alpha value is -1.91. The van der Waals surface area contributed by atoms with Gasteiger partial charge in [-0.25, -0.2) is 4.39 Å². The molecule has 4 nitrogen and oxygen atoms in total. The van der Waals surface area contributed by atoms with Crippen LogP contribution in [0.3, 0.4) is 0 Å². The third kappa shape index (κ3) is 2.77. The zero-order valence-electron chi connectivity index (χ0n) is 12.1. The SMILES string of the molecule is Cc1ccc(F)cc1C(=O)N1CCC2NC(=O)CCC2C1. The van der Waals surface area contributed by atoms with Crippen molar-refractivity contribution in [2.75, 3.05) is 13.1 Å². The van der Waals surface area contributed by atoms with Crippen molar-refractivity contribution in [2.45, 2.75) is 32.2 Å². The molecule has 0 bridgehead atoms. The standard InChI is InChI=1S/C16H19FN2O2/c1-10-2-4-12(17)8-13(10)16(21)19-7-6-14-11(9-19)3-5-15(20)18-14/h2,4,8,11,14H,3,5-7,9H2,1H3,(H,18,20). The fourth-order valence-corrected chi connectivity index (χ4v) is 3.29. The Bertz CT molecular complexity index is 588. The molecule has 2 saturated heterocycles. The predicted octanol–water partition coefficient (Wildman–Crippen LogP) is 1.87. The van der Waals surface area contributed by atoms with Crippen molar-refractivity contribution in [3.63, 3.8) is 0 Å². The van der Waals surface area contributed by atoms with Crippen molar-refractivity contribution >= 4 is 11.8 Å². The second-order valence-electron chi connectivity index (χ2n) is 5.97. The van der Waals surface area contributed by atoms with Crippen LogP contribution in [-0.4, -0.2) is 35.8 Å². The van der Waals surface area contributed by atoms with E-state index < -0.39 is 0 Å². The third-order valence-corrected chi connectivity index (χ3v) is 4.54. The van der Waals surface area contributed by atoms with Crippen LogP contribution in [0.1, 0.15) is 35.2 Å². The van der Waals surface area contributed by atoms with E-state index in [2.05, 4.69) is 5.32 Å². The van der Waals surface area contributed by atoms with Crippen LogP contribution in [0.5, 0.6) is 0 Å². The maximum Gasteiger partial charge on any atom is 0.254 e. The van der Waals surface area contributed by atoms with E-state index in [1.54, 1.807) is 11.0 Å². The normalized spacial score (nSPS) is 25.2. The molecule has 0 spiro atoms. The summed E-state index contributed by atoms with van der Waals surface area (Å²) in [6.07, 6.45) is 2.13. The van der Waals surface area contributed by atoms with Crippen molar-refractivity contribution in [1.82, 2.24) is 10.2 Å². The first-order chi connectivity index (χ1) is 10.0. The van der Waals surface area contributed by atoms with E-state index in [4.69, 9.17) is 0 Å². The summed E-state index contributed by atoms with van der Waals surface area (Å²) >= 11 is 0. The molecule has 0 radical (unpaired) electrons. The molecule has 112 valence electrons. The van der Waals surface area contributed by atoms with Crippen molar-refractivity contribution in [2.24, 2.45) is 5.92 Å². The largest absolute Gasteiger partial charge is 0.353 e. The number of halogens is 1. The van der Waals surface area contributed by atoms with Crippen molar-refractivity contribution < 1.29 is 14.0 Å². The average molecular weight is 290 g/mol. The minimum Gasteiger partial charge on any atom is -0.353 e. The first-order valence-electron chi connectivity index (χ1n) is 7.39. The number of piperidine rings is 2. The molecule has 0 aromatic heterocycles. The molecule has 5 heteroatoms. The molecule has 0 saturated carbocycles. The number of amides is 2. The minimum atomic E-state index is -0.385. The van der Waals surface area contributed by atoms with Crippen LogP contribution < -0.4 is 5.32 Å². The minimum absolute atomic E-state index is 0.108.